The van der Waals surface area contributed by atoms with Gasteiger partial charge in [-0.25, -0.2) is 0 Å². The molecule has 1 aliphatic heterocycles. The summed E-state index contributed by atoms with van der Waals surface area (Å²) >= 11 is 18.5. The lowest BCUT2D eigenvalue weighted by atomic mass is 9.91. The Morgan fingerprint density at radius 1 is 1.03 bits per heavy atom. The van der Waals surface area contributed by atoms with Gasteiger partial charge in [0, 0.05) is 28.7 Å². The van der Waals surface area contributed by atoms with E-state index in [-0.39, 0.29) is 31.3 Å². The van der Waals surface area contributed by atoms with Crippen molar-refractivity contribution in [1.29, 1.82) is 0 Å². The molecule has 2 aromatic rings. The van der Waals surface area contributed by atoms with Crippen LogP contribution in [0.1, 0.15) is 36.0 Å². The SMILES string of the molecule is C[C@H]1[C@@H](CSCCO)O[C@@H](c2ccc(NC(=O)C(Cl)(Cl)Cl)cc2)O[C@H]1c1ccc(CO)cc1. The molecule has 0 saturated carbocycles. The van der Waals surface area contributed by atoms with Gasteiger partial charge in [0.1, 0.15) is 0 Å². The number of benzene rings is 2. The van der Waals surface area contributed by atoms with E-state index in [0.29, 0.717) is 17.2 Å². The van der Waals surface area contributed by atoms with Gasteiger partial charge in [-0.1, -0.05) is 78.1 Å². The van der Waals surface area contributed by atoms with E-state index in [0.717, 1.165) is 16.7 Å². The number of anilines is 1. The number of ether oxygens (including phenoxy) is 2. The van der Waals surface area contributed by atoms with E-state index in [1.165, 1.54) is 0 Å². The number of rotatable bonds is 8. The average molecular weight is 535 g/mol. The van der Waals surface area contributed by atoms with Gasteiger partial charge in [-0.15, -0.1) is 0 Å². The normalized spacial score (nSPS) is 23.3. The lowest BCUT2D eigenvalue weighted by Crippen LogP contribution is -2.38. The van der Waals surface area contributed by atoms with Crippen LogP contribution in [0.15, 0.2) is 48.5 Å². The Bertz CT molecular complexity index is 908. The van der Waals surface area contributed by atoms with Crippen molar-refractivity contribution in [3.63, 3.8) is 0 Å². The molecule has 180 valence electrons. The number of carbonyl (C=O) groups is 1. The molecule has 1 aliphatic rings. The van der Waals surface area contributed by atoms with Gasteiger partial charge in [0.05, 0.1) is 25.4 Å². The van der Waals surface area contributed by atoms with Crippen LogP contribution < -0.4 is 5.32 Å². The highest BCUT2D eigenvalue weighted by molar-refractivity contribution is 7.99. The number of hydrogen-bond donors (Lipinski definition) is 3. The molecular formula is C23H26Cl3NO5S. The minimum atomic E-state index is -2.05. The van der Waals surface area contributed by atoms with Gasteiger partial charge in [0.2, 0.25) is 0 Å². The summed E-state index contributed by atoms with van der Waals surface area (Å²) < 4.78 is 10.6. The van der Waals surface area contributed by atoms with Gasteiger partial charge in [-0.05, 0) is 23.3 Å². The Morgan fingerprint density at radius 2 is 1.67 bits per heavy atom. The monoisotopic (exact) mass is 533 g/mol. The van der Waals surface area contributed by atoms with Crippen molar-refractivity contribution in [2.75, 3.05) is 23.4 Å². The molecule has 33 heavy (non-hydrogen) atoms. The number of nitrogens with one attached hydrogen (secondary N) is 1. The number of carbonyl (C=O) groups excluding carboxylic acids is 1. The highest BCUT2D eigenvalue weighted by Crippen LogP contribution is 2.42. The summed E-state index contributed by atoms with van der Waals surface area (Å²) in [7, 11) is 0. The molecule has 4 atom stereocenters. The van der Waals surface area contributed by atoms with Crippen LogP contribution in [0, 0.1) is 5.92 Å². The molecule has 0 aromatic heterocycles. The average Bonchev–Trinajstić information content (AvgIpc) is 2.80. The third kappa shape index (κ3) is 7.23. The van der Waals surface area contributed by atoms with E-state index in [1.54, 1.807) is 36.0 Å². The number of hydrogen-bond acceptors (Lipinski definition) is 6. The van der Waals surface area contributed by atoms with E-state index < -0.39 is 16.0 Å². The third-order valence-electron chi connectivity index (χ3n) is 5.34. The maximum atomic E-state index is 11.9. The smallest absolute Gasteiger partial charge is 0.276 e. The van der Waals surface area contributed by atoms with E-state index in [4.69, 9.17) is 49.4 Å². The molecule has 1 fully saturated rings. The lowest BCUT2D eigenvalue weighted by Gasteiger charge is -2.41. The molecule has 3 N–H and O–H groups in total. The zero-order chi connectivity index (χ0) is 24.0. The molecule has 1 saturated heterocycles. The Balaban J connectivity index is 1.79. The van der Waals surface area contributed by atoms with Crippen molar-refractivity contribution in [2.45, 2.75) is 35.8 Å². The zero-order valence-electron chi connectivity index (χ0n) is 17.9. The summed E-state index contributed by atoms with van der Waals surface area (Å²) in [6.45, 7) is 2.17. The van der Waals surface area contributed by atoms with Crippen LogP contribution >= 0.6 is 46.6 Å². The maximum absolute atomic E-state index is 11.9. The van der Waals surface area contributed by atoms with E-state index in [9.17, 15) is 9.90 Å². The molecule has 0 unspecified atom stereocenters. The minimum absolute atomic E-state index is 0.0192. The van der Waals surface area contributed by atoms with E-state index >= 15 is 0 Å². The summed E-state index contributed by atoms with van der Waals surface area (Å²) in [5.41, 5.74) is 3.09. The van der Waals surface area contributed by atoms with E-state index in [1.807, 2.05) is 24.3 Å². The summed E-state index contributed by atoms with van der Waals surface area (Å²) in [6.07, 6.45) is -0.951. The first kappa shape index (κ1) is 26.6. The predicted molar refractivity (Wildman–Crippen MR) is 133 cm³/mol. The minimum Gasteiger partial charge on any atom is -0.396 e. The zero-order valence-corrected chi connectivity index (χ0v) is 21.0. The van der Waals surface area contributed by atoms with Crippen molar-refractivity contribution >= 4 is 58.2 Å². The fourth-order valence-corrected chi connectivity index (χ4v) is 4.55. The predicted octanol–water partition coefficient (Wildman–Crippen LogP) is 5.00. The number of aliphatic hydroxyl groups is 2. The third-order valence-corrected chi connectivity index (χ3v) is 6.89. The first-order valence-corrected chi connectivity index (χ1v) is 12.7. The molecule has 0 bridgehead atoms. The topological polar surface area (TPSA) is 88.0 Å². The molecule has 1 heterocycles. The number of aliphatic hydroxyl groups excluding tert-OH is 2. The molecule has 1 amide bonds. The number of amides is 1. The second-order valence-corrected chi connectivity index (χ2v) is 11.1. The number of halogens is 3. The molecule has 6 nitrogen and oxygen atoms in total. The van der Waals surface area contributed by atoms with Crippen molar-refractivity contribution in [2.24, 2.45) is 5.92 Å². The van der Waals surface area contributed by atoms with E-state index in [2.05, 4.69) is 12.2 Å². The molecule has 0 aliphatic carbocycles. The van der Waals surface area contributed by atoms with Gasteiger partial charge in [-0.2, -0.15) is 11.8 Å². The number of thioether (sulfide) groups is 1. The fourth-order valence-electron chi connectivity index (χ4n) is 3.50. The molecule has 10 heteroatoms. The standard InChI is InChI=1S/C23H26Cl3NO5S/c1-14-19(13-33-11-10-28)31-21(32-20(14)16-4-2-15(12-29)3-5-16)17-6-8-18(9-7-17)27-22(30)23(24,25)26/h2-9,14,19-21,28-29H,10-13H2,1H3,(H,27,30)/t14-,19+,20+,21+/m0/s1. The molecule has 3 rings (SSSR count). The first-order chi connectivity index (χ1) is 15.7. The van der Waals surface area contributed by atoms with Gasteiger partial charge in [0.15, 0.2) is 6.29 Å². The van der Waals surface area contributed by atoms with Crippen molar-refractivity contribution < 1.29 is 24.5 Å². The largest absolute Gasteiger partial charge is 0.396 e. The summed E-state index contributed by atoms with van der Waals surface area (Å²) in [6, 6.07) is 14.6. The van der Waals surface area contributed by atoms with Crippen LogP contribution in [0.3, 0.4) is 0 Å². The second-order valence-electron chi connectivity index (χ2n) is 7.69. The van der Waals surface area contributed by atoms with Crippen molar-refractivity contribution in [3.8, 4) is 0 Å². The van der Waals surface area contributed by atoms with Crippen molar-refractivity contribution in [3.05, 3.63) is 65.2 Å². The van der Waals surface area contributed by atoms with Crippen LogP contribution in [0.5, 0.6) is 0 Å². The molecule has 0 spiro atoms. The lowest BCUT2D eigenvalue weighted by molar-refractivity contribution is -0.268. The van der Waals surface area contributed by atoms with Crippen LogP contribution in [0.2, 0.25) is 0 Å². The summed E-state index contributed by atoms with van der Waals surface area (Å²) in [5.74, 6) is 0.664. The summed E-state index contributed by atoms with van der Waals surface area (Å²) in [4.78, 5) is 11.9. The Morgan fingerprint density at radius 3 is 2.24 bits per heavy atom. The molecule has 0 radical (unpaired) electrons. The van der Waals surface area contributed by atoms with Crippen LogP contribution in [-0.4, -0.2) is 44.1 Å². The van der Waals surface area contributed by atoms with Gasteiger partial charge in [-0.3, -0.25) is 4.79 Å². The van der Waals surface area contributed by atoms with Crippen molar-refractivity contribution in [1.82, 2.24) is 0 Å². The summed E-state index contributed by atoms with van der Waals surface area (Å²) in [5, 5.41) is 21.0. The Kier molecular flexibility index (Phi) is 9.73. The maximum Gasteiger partial charge on any atom is 0.276 e. The highest BCUT2D eigenvalue weighted by atomic mass is 35.6. The first-order valence-electron chi connectivity index (χ1n) is 10.4. The molecule has 2 aromatic carbocycles. The Labute approximate surface area is 212 Å². The highest BCUT2D eigenvalue weighted by Gasteiger charge is 2.38. The molecular weight excluding hydrogens is 509 g/mol. The van der Waals surface area contributed by atoms with Crippen LogP contribution in [-0.2, 0) is 20.9 Å². The van der Waals surface area contributed by atoms with Gasteiger partial charge >= 0.3 is 0 Å². The second kappa shape index (κ2) is 12.1. The Hall–Kier alpha value is -1.03. The van der Waals surface area contributed by atoms with Gasteiger partial charge < -0.3 is 25.0 Å². The quantitative estimate of drug-likeness (QED) is 0.326. The number of alkyl halides is 3. The van der Waals surface area contributed by atoms with Crippen LogP contribution in [0.4, 0.5) is 5.69 Å². The van der Waals surface area contributed by atoms with Crippen LogP contribution in [0.25, 0.3) is 0 Å². The fraction of sp³-hybridized carbons (Fsp3) is 0.435. The van der Waals surface area contributed by atoms with Gasteiger partial charge in [0.25, 0.3) is 9.70 Å².